The van der Waals surface area contributed by atoms with Crippen LogP contribution in [-0.2, 0) is 6.54 Å². The molecule has 1 aliphatic rings. The van der Waals surface area contributed by atoms with Gasteiger partial charge in [0.1, 0.15) is 5.75 Å². The second-order valence-corrected chi connectivity index (χ2v) is 5.07. The van der Waals surface area contributed by atoms with Crippen molar-refractivity contribution in [2.24, 2.45) is 5.92 Å². The number of ether oxygens (including phenoxy) is 1. The molecule has 0 unspecified atom stereocenters. The average molecular weight is 233 g/mol. The minimum Gasteiger partial charge on any atom is -0.496 e. The van der Waals surface area contributed by atoms with E-state index in [9.17, 15) is 0 Å². The molecule has 0 spiro atoms. The van der Waals surface area contributed by atoms with E-state index in [1.807, 2.05) is 0 Å². The molecule has 0 heterocycles. The molecule has 0 bridgehead atoms. The van der Waals surface area contributed by atoms with Crippen molar-refractivity contribution in [1.29, 1.82) is 0 Å². The van der Waals surface area contributed by atoms with Crippen LogP contribution in [0.2, 0.25) is 0 Å². The summed E-state index contributed by atoms with van der Waals surface area (Å²) in [5.41, 5.74) is 2.56. The summed E-state index contributed by atoms with van der Waals surface area (Å²) >= 11 is 0. The van der Waals surface area contributed by atoms with Crippen LogP contribution in [-0.4, -0.2) is 13.7 Å². The summed E-state index contributed by atoms with van der Waals surface area (Å²) in [6, 6.07) is 6.40. The third-order valence-corrected chi connectivity index (χ3v) is 3.74. The number of hydrogen-bond donors (Lipinski definition) is 1. The highest BCUT2D eigenvalue weighted by Gasteiger charge is 2.16. The van der Waals surface area contributed by atoms with Gasteiger partial charge < -0.3 is 10.1 Å². The van der Waals surface area contributed by atoms with E-state index in [2.05, 4.69) is 30.4 Å². The number of aryl methyl sites for hydroxylation is 1. The SMILES string of the molecule is COc1ccc(CNCCC2CCC2)cc1C. The van der Waals surface area contributed by atoms with Crippen molar-refractivity contribution in [3.05, 3.63) is 29.3 Å². The predicted octanol–water partition coefficient (Wildman–Crippen LogP) is 3.28. The maximum Gasteiger partial charge on any atom is 0.121 e. The molecule has 17 heavy (non-hydrogen) atoms. The summed E-state index contributed by atoms with van der Waals surface area (Å²) in [6.07, 6.45) is 5.68. The molecule has 0 aliphatic heterocycles. The number of nitrogens with one attached hydrogen (secondary N) is 1. The van der Waals surface area contributed by atoms with Gasteiger partial charge in [-0.1, -0.05) is 31.4 Å². The fourth-order valence-corrected chi connectivity index (χ4v) is 2.37. The first-order valence-corrected chi connectivity index (χ1v) is 6.64. The normalized spacial score (nSPS) is 15.6. The zero-order valence-electron chi connectivity index (χ0n) is 11.0. The lowest BCUT2D eigenvalue weighted by atomic mass is 9.83. The van der Waals surface area contributed by atoms with Crippen molar-refractivity contribution >= 4 is 0 Å². The van der Waals surface area contributed by atoms with E-state index >= 15 is 0 Å². The molecular formula is C15H23NO. The van der Waals surface area contributed by atoms with Crippen LogP contribution in [0.4, 0.5) is 0 Å². The Morgan fingerprint density at radius 3 is 2.76 bits per heavy atom. The molecule has 1 fully saturated rings. The smallest absolute Gasteiger partial charge is 0.121 e. The molecule has 1 N–H and O–H groups in total. The van der Waals surface area contributed by atoms with Gasteiger partial charge >= 0.3 is 0 Å². The van der Waals surface area contributed by atoms with Crippen molar-refractivity contribution < 1.29 is 4.74 Å². The van der Waals surface area contributed by atoms with Gasteiger partial charge in [-0.05, 0) is 43.0 Å². The largest absolute Gasteiger partial charge is 0.496 e. The van der Waals surface area contributed by atoms with Gasteiger partial charge in [-0.3, -0.25) is 0 Å². The molecule has 1 aliphatic carbocycles. The molecule has 1 aromatic carbocycles. The number of methoxy groups -OCH3 is 1. The van der Waals surface area contributed by atoms with Crippen LogP contribution in [0.5, 0.6) is 5.75 Å². The zero-order chi connectivity index (χ0) is 12.1. The summed E-state index contributed by atoms with van der Waals surface area (Å²) in [5, 5.41) is 3.52. The molecule has 0 saturated heterocycles. The summed E-state index contributed by atoms with van der Waals surface area (Å²) < 4.78 is 5.26. The standard InChI is InChI=1S/C15H23NO/c1-12-10-14(6-7-15(12)17-2)11-16-9-8-13-4-3-5-13/h6-7,10,13,16H,3-5,8-9,11H2,1-2H3. The van der Waals surface area contributed by atoms with Crippen LogP contribution in [0.15, 0.2) is 18.2 Å². The zero-order valence-corrected chi connectivity index (χ0v) is 11.0. The van der Waals surface area contributed by atoms with Gasteiger partial charge in [-0.25, -0.2) is 0 Å². The number of hydrogen-bond acceptors (Lipinski definition) is 2. The summed E-state index contributed by atoms with van der Waals surface area (Å²) in [6.45, 7) is 4.21. The van der Waals surface area contributed by atoms with E-state index in [1.54, 1.807) is 7.11 Å². The molecule has 94 valence electrons. The molecule has 2 rings (SSSR count). The Bertz CT molecular complexity index is 358. The minimum atomic E-state index is 0.970. The number of rotatable bonds is 6. The Hall–Kier alpha value is -1.02. The van der Waals surface area contributed by atoms with E-state index in [-0.39, 0.29) is 0 Å². The second-order valence-electron chi connectivity index (χ2n) is 5.07. The Morgan fingerprint density at radius 1 is 1.35 bits per heavy atom. The molecule has 1 aromatic rings. The van der Waals surface area contributed by atoms with Crippen molar-refractivity contribution in [2.45, 2.75) is 39.2 Å². The van der Waals surface area contributed by atoms with E-state index in [0.29, 0.717) is 0 Å². The van der Waals surface area contributed by atoms with E-state index in [1.165, 1.54) is 36.8 Å². The monoisotopic (exact) mass is 233 g/mol. The first kappa shape index (κ1) is 12.4. The van der Waals surface area contributed by atoms with E-state index in [0.717, 1.165) is 24.8 Å². The Kier molecular flexibility index (Phi) is 4.43. The summed E-state index contributed by atoms with van der Waals surface area (Å²) in [5.74, 6) is 1.98. The Balaban J connectivity index is 1.72. The van der Waals surface area contributed by atoms with E-state index < -0.39 is 0 Å². The van der Waals surface area contributed by atoms with Crippen molar-refractivity contribution in [3.63, 3.8) is 0 Å². The van der Waals surface area contributed by atoms with Gasteiger partial charge in [-0.15, -0.1) is 0 Å². The fourth-order valence-electron chi connectivity index (χ4n) is 2.37. The van der Waals surface area contributed by atoms with Gasteiger partial charge in [0.15, 0.2) is 0 Å². The van der Waals surface area contributed by atoms with Gasteiger partial charge in [0, 0.05) is 6.54 Å². The Labute approximate surface area is 104 Å². The Morgan fingerprint density at radius 2 is 2.18 bits per heavy atom. The first-order valence-electron chi connectivity index (χ1n) is 6.64. The molecule has 0 amide bonds. The van der Waals surface area contributed by atoms with Crippen LogP contribution in [0.25, 0.3) is 0 Å². The first-order chi connectivity index (χ1) is 8.29. The molecule has 0 atom stereocenters. The van der Waals surface area contributed by atoms with Gasteiger partial charge in [0.05, 0.1) is 7.11 Å². The molecule has 0 radical (unpaired) electrons. The van der Waals surface area contributed by atoms with Gasteiger partial charge in [0.25, 0.3) is 0 Å². The van der Waals surface area contributed by atoms with Crippen LogP contribution in [0.3, 0.4) is 0 Å². The summed E-state index contributed by atoms with van der Waals surface area (Å²) in [4.78, 5) is 0. The van der Waals surface area contributed by atoms with Crippen LogP contribution >= 0.6 is 0 Å². The predicted molar refractivity (Wildman–Crippen MR) is 71.4 cm³/mol. The van der Waals surface area contributed by atoms with Crippen molar-refractivity contribution in [1.82, 2.24) is 5.32 Å². The minimum absolute atomic E-state index is 0.970. The van der Waals surface area contributed by atoms with E-state index in [4.69, 9.17) is 4.74 Å². The average Bonchev–Trinajstić information content (AvgIpc) is 2.26. The number of benzene rings is 1. The third kappa shape index (κ3) is 3.47. The second kappa shape index (κ2) is 6.06. The van der Waals surface area contributed by atoms with Crippen molar-refractivity contribution in [3.8, 4) is 5.75 Å². The maximum absolute atomic E-state index is 5.26. The quantitative estimate of drug-likeness (QED) is 0.761. The summed E-state index contributed by atoms with van der Waals surface area (Å²) in [7, 11) is 1.72. The molecule has 0 aromatic heterocycles. The highest BCUT2D eigenvalue weighted by Crippen LogP contribution is 2.28. The highest BCUT2D eigenvalue weighted by atomic mass is 16.5. The topological polar surface area (TPSA) is 21.3 Å². The third-order valence-electron chi connectivity index (χ3n) is 3.74. The molecule has 2 heteroatoms. The van der Waals surface area contributed by atoms with Crippen LogP contribution in [0, 0.1) is 12.8 Å². The van der Waals surface area contributed by atoms with Crippen molar-refractivity contribution in [2.75, 3.05) is 13.7 Å². The van der Waals surface area contributed by atoms with Gasteiger partial charge in [0.2, 0.25) is 0 Å². The van der Waals surface area contributed by atoms with Crippen LogP contribution in [0.1, 0.15) is 36.8 Å². The van der Waals surface area contributed by atoms with Crippen LogP contribution < -0.4 is 10.1 Å². The highest BCUT2D eigenvalue weighted by molar-refractivity contribution is 5.36. The fraction of sp³-hybridized carbons (Fsp3) is 0.600. The molecule has 1 saturated carbocycles. The molecule has 2 nitrogen and oxygen atoms in total. The molecular weight excluding hydrogens is 210 g/mol. The lowest BCUT2D eigenvalue weighted by Crippen LogP contribution is -2.21. The lowest BCUT2D eigenvalue weighted by Gasteiger charge is -2.25. The van der Waals surface area contributed by atoms with Gasteiger partial charge in [-0.2, -0.15) is 0 Å². The lowest BCUT2D eigenvalue weighted by molar-refractivity contribution is 0.292. The maximum atomic E-state index is 5.26.